The smallest absolute Gasteiger partial charge is 0.211 e. The molecule has 0 unspecified atom stereocenters. The standard InChI is InChI=1S/C15H13F4NO2S2/c16-10-2-4-11(5-3-10)23-9-1-8-20-24(21,22)13-7-6-12(17)14(18)15(13)19/h2-7,20H,1,8-9H2. The van der Waals surface area contributed by atoms with Gasteiger partial charge in [-0.25, -0.2) is 30.7 Å². The Hall–Kier alpha value is -1.58. The summed E-state index contributed by atoms with van der Waals surface area (Å²) in [4.78, 5) is -0.113. The Balaban J connectivity index is 1.87. The summed E-state index contributed by atoms with van der Waals surface area (Å²) in [6.07, 6.45) is 0.409. The molecule has 0 saturated heterocycles. The van der Waals surface area contributed by atoms with Crippen molar-refractivity contribution in [3.05, 3.63) is 59.7 Å². The lowest BCUT2D eigenvalue weighted by molar-refractivity contribution is 0.431. The van der Waals surface area contributed by atoms with Gasteiger partial charge >= 0.3 is 0 Å². The summed E-state index contributed by atoms with van der Waals surface area (Å²) < 4.78 is 78.1. The number of halogens is 4. The third-order valence-electron chi connectivity index (χ3n) is 2.98. The average Bonchev–Trinajstić information content (AvgIpc) is 2.54. The predicted molar refractivity (Wildman–Crippen MR) is 83.2 cm³/mol. The van der Waals surface area contributed by atoms with Crippen molar-refractivity contribution in [2.45, 2.75) is 16.2 Å². The second-order valence-corrected chi connectivity index (χ2v) is 7.63. The molecular weight excluding hydrogens is 366 g/mol. The fourth-order valence-electron chi connectivity index (χ4n) is 1.79. The quantitative estimate of drug-likeness (QED) is 0.345. The highest BCUT2D eigenvalue weighted by Gasteiger charge is 2.23. The molecule has 0 fully saturated rings. The Kier molecular flexibility index (Phi) is 6.25. The van der Waals surface area contributed by atoms with Crippen LogP contribution in [0.2, 0.25) is 0 Å². The summed E-state index contributed by atoms with van der Waals surface area (Å²) in [6.45, 7) is -0.00500. The number of thioether (sulfide) groups is 1. The number of sulfonamides is 1. The molecule has 0 heterocycles. The van der Waals surface area contributed by atoms with Crippen LogP contribution in [0.1, 0.15) is 6.42 Å². The van der Waals surface area contributed by atoms with E-state index in [1.807, 2.05) is 0 Å². The van der Waals surface area contributed by atoms with Gasteiger partial charge in [0.1, 0.15) is 10.7 Å². The van der Waals surface area contributed by atoms with Crippen LogP contribution in [0.25, 0.3) is 0 Å². The molecular formula is C15H13F4NO2S2. The topological polar surface area (TPSA) is 46.2 Å². The first-order valence-electron chi connectivity index (χ1n) is 6.83. The lowest BCUT2D eigenvalue weighted by Crippen LogP contribution is -2.26. The number of nitrogens with one attached hydrogen (secondary N) is 1. The van der Waals surface area contributed by atoms with Crippen molar-refractivity contribution in [2.75, 3.05) is 12.3 Å². The summed E-state index contributed by atoms with van der Waals surface area (Å²) >= 11 is 1.40. The Bertz CT molecular complexity index is 811. The Morgan fingerprint density at radius 1 is 0.917 bits per heavy atom. The van der Waals surface area contributed by atoms with Crippen LogP contribution in [-0.2, 0) is 10.0 Å². The fraction of sp³-hybridized carbons (Fsp3) is 0.200. The van der Waals surface area contributed by atoms with E-state index in [1.54, 1.807) is 12.1 Å². The van der Waals surface area contributed by atoms with Crippen molar-refractivity contribution in [3.63, 3.8) is 0 Å². The average molecular weight is 379 g/mol. The van der Waals surface area contributed by atoms with Crippen LogP contribution in [-0.4, -0.2) is 20.7 Å². The van der Waals surface area contributed by atoms with E-state index in [9.17, 15) is 26.0 Å². The molecule has 2 aromatic rings. The van der Waals surface area contributed by atoms with Gasteiger partial charge in [-0.15, -0.1) is 11.8 Å². The second kappa shape index (κ2) is 8.00. The summed E-state index contributed by atoms with van der Waals surface area (Å²) in [5, 5.41) is 0. The monoisotopic (exact) mass is 379 g/mol. The number of hydrogen-bond acceptors (Lipinski definition) is 3. The zero-order valence-electron chi connectivity index (χ0n) is 12.2. The van der Waals surface area contributed by atoms with E-state index < -0.39 is 32.4 Å². The van der Waals surface area contributed by atoms with E-state index in [-0.39, 0.29) is 12.4 Å². The minimum atomic E-state index is -4.27. The van der Waals surface area contributed by atoms with E-state index in [0.29, 0.717) is 24.3 Å². The molecule has 0 aromatic heterocycles. The molecule has 0 saturated carbocycles. The number of hydrogen-bond donors (Lipinski definition) is 1. The van der Waals surface area contributed by atoms with Gasteiger partial charge in [0.2, 0.25) is 10.0 Å². The zero-order valence-corrected chi connectivity index (χ0v) is 13.9. The minimum Gasteiger partial charge on any atom is -0.211 e. The highest BCUT2D eigenvalue weighted by Crippen LogP contribution is 2.20. The largest absolute Gasteiger partial charge is 0.243 e. The molecule has 0 radical (unpaired) electrons. The molecule has 1 N–H and O–H groups in total. The van der Waals surface area contributed by atoms with Gasteiger partial charge in [0, 0.05) is 11.4 Å². The van der Waals surface area contributed by atoms with Crippen molar-refractivity contribution in [2.24, 2.45) is 0 Å². The van der Waals surface area contributed by atoms with Gasteiger partial charge in [-0.05, 0) is 48.6 Å². The van der Waals surface area contributed by atoms with E-state index in [1.165, 1.54) is 23.9 Å². The molecule has 2 rings (SSSR count). The van der Waals surface area contributed by atoms with Crippen molar-refractivity contribution >= 4 is 21.8 Å². The fourth-order valence-corrected chi connectivity index (χ4v) is 3.79. The first-order valence-corrected chi connectivity index (χ1v) is 9.29. The zero-order chi connectivity index (χ0) is 17.7. The molecule has 0 bridgehead atoms. The maximum Gasteiger partial charge on any atom is 0.243 e. The van der Waals surface area contributed by atoms with Gasteiger partial charge < -0.3 is 0 Å². The van der Waals surface area contributed by atoms with Gasteiger partial charge in [0.15, 0.2) is 17.5 Å². The maximum absolute atomic E-state index is 13.5. The van der Waals surface area contributed by atoms with Gasteiger partial charge in [-0.2, -0.15) is 0 Å². The predicted octanol–water partition coefficient (Wildman–Crippen LogP) is 3.70. The third kappa shape index (κ3) is 4.71. The SMILES string of the molecule is O=S(=O)(NCCCSc1ccc(F)cc1)c1ccc(F)c(F)c1F. The molecule has 2 aromatic carbocycles. The lowest BCUT2D eigenvalue weighted by Gasteiger charge is -2.08. The first-order chi connectivity index (χ1) is 11.3. The summed E-state index contributed by atoms with van der Waals surface area (Å²) in [5.74, 6) is -4.84. The van der Waals surface area contributed by atoms with Crippen molar-refractivity contribution in [3.8, 4) is 0 Å². The molecule has 3 nitrogen and oxygen atoms in total. The normalized spacial score (nSPS) is 11.7. The Morgan fingerprint density at radius 2 is 1.58 bits per heavy atom. The van der Waals surface area contributed by atoms with Crippen LogP contribution >= 0.6 is 11.8 Å². The van der Waals surface area contributed by atoms with E-state index in [4.69, 9.17) is 0 Å². The van der Waals surface area contributed by atoms with Gasteiger partial charge in [-0.1, -0.05) is 0 Å². The molecule has 9 heteroatoms. The molecule has 0 amide bonds. The van der Waals surface area contributed by atoms with Gasteiger partial charge in [0.05, 0.1) is 0 Å². The van der Waals surface area contributed by atoms with Crippen LogP contribution in [0.4, 0.5) is 17.6 Å². The first kappa shape index (κ1) is 18.8. The highest BCUT2D eigenvalue weighted by molar-refractivity contribution is 7.99. The van der Waals surface area contributed by atoms with Crippen LogP contribution in [0.5, 0.6) is 0 Å². The maximum atomic E-state index is 13.5. The van der Waals surface area contributed by atoms with E-state index >= 15 is 0 Å². The molecule has 0 atom stereocenters. The molecule has 0 aliphatic heterocycles. The molecule has 0 spiro atoms. The summed E-state index contributed by atoms with van der Waals surface area (Å²) in [5.41, 5.74) is 0. The van der Waals surface area contributed by atoms with Crippen molar-refractivity contribution in [1.29, 1.82) is 0 Å². The van der Waals surface area contributed by atoms with E-state index in [2.05, 4.69) is 4.72 Å². The molecule has 130 valence electrons. The van der Waals surface area contributed by atoms with Gasteiger partial charge in [0.25, 0.3) is 0 Å². The van der Waals surface area contributed by atoms with Crippen molar-refractivity contribution in [1.82, 2.24) is 4.72 Å². The molecule has 0 aliphatic rings. The van der Waals surface area contributed by atoms with Crippen LogP contribution in [0, 0.1) is 23.3 Å². The van der Waals surface area contributed by atoms with E-state index in [0.717, 1.165) is 4.90 Å². The van der Waals surface area contributed by atoms with Crippen LogP contribution in [0.15, 0.2) is 46.2 Å². The van der Waals surface area contributed by atoms with Crippen LogP contribution in [0.3, 0.4) is 0 Å². The number of benzene rings is 2. The van der Waals surface area contributed by atoms with Crippen molar-refractivity contribution < 1.29 is 26.0 Å². The lowest BCUT2D eigenvalue weighted by atomic mass is 10.3. The third-order valence-corrected chi connectivity index (χ3v) is 5.56. The summed E-state index contributed by atoms with van der Waals surface area (Å²) in [7, 11) is -4.27. The number of rotatable bonds is 7. The second-order valence-electron chi connectivity index (χ2n) is 4.73. The van der Waals surface area contributed by atoms with Gasteiger partial charge in [-0.3, -0.25) is 0 Å². The Morgan fingerprint density at radius 3 is 2.25 bits per heavy atom. The van der Waals surface area contributed by atoms with Crippen LogP contribution < -0.4 is 4.72 Å². The molecule has 0 aliphatic carbocycles. The Labute approximate surface area is 141 Å². The minimum absolute atomic E-state index is 0.00500. The summed E-state index contributed by atoms with van der Waals surface area (Å²) in [6, 6.07) is 7.05. The highest BCUT2D eigenvalue weighted by atomic mass is 32.2. The molecule has 24 heavy (non-hydrogen) atoms.